The van der Waals surface area contributed by atoms with Crippen molar-refractivity contribution >= 4 is 11.7 Å². The van der Waals surface area contributed by atoms with Crippen molar-refractivity contribution < 1.29 is 23.6 Å². The van der Waals surface area contributed by atoms with Gasteiger partial charge in [-0.1, -0.05) is 26.8 Å². The summed E-state index contributed by atoms with van der Waals surface area (Å²) in [5, 5.41) is 19.4. The maximum Gasteiger partial charge on any atom is 0.339 e. The van der Waals surface area contributed by atoms with E-state index < -0.39 is 22.4 Å². The van der Waals surface area contributed by atoms with Gasteiger partial charge in [0.1, 0.15) is 5.75 Å². The fourth-order valence-electron chi connectivity index (χ4n) is 2.97. The molecule has 3 rings (SSSR count). The third-order valence-electron chi connectivity index (χ3n) is 4.65. The van der Waals surface area contributed by atoms with Gasteiger partial charge in [0.05, 0.1) is 17.6 Å². The third-order valence-corrected chi connectivity index (χ3v) is 4.65. The SMILES string of the molecule is COc1ccc(-c2nnc(C(C)OC(=O)c3ccc(C(C)(C)C)c([N+](=O)[O-])c3)o2)cc1. The molecule has 1 aromatic heterocycles. The first-order valence-electron chi connectivity index (χ1n) is 9.58. The lowest BCUT2D eigenvalue weighted by molar-refractivity contribution is -0.386. The minimum Gasteiger partial charge on any atom is -0.497 e. The molecule has 0 N–H and O–H groups in total. The topological polar surface area (TPSA) is 118 Å². The first-order valence-corrected chi connectivity index (χ1v) is 9.58. The molecule has 0 saturated carbocycles. The molecule has 0 aliphatic carbocycles. The van der Waals surface area contributed by atoms with E-state index in [-0.39, 0.29) is 23.0 Å². The van der Waals surface area contributed by atoms with Gasteiger partial charge < -0.3 is 13.9 Å². The Morgan fingerprint density at radius 1 is 1.13 bits per heavy atom. The molecule has 1 unspecified atom stereocenters. The Morgan fingerprint density at radius 2 is 1.81 bits per heavy atom. The highest BCUT2D eigenvalue weighted by atomic mass is 16.6. The van der Waals surface area contributed by atoms with E-state index >= 15 is 0 Å². The van der Waals surface area contributed by atoms with Gasteiger partial charge in [-0.05, 0) is 42.7 Å². The van der Waals surface area contributed by atoms with Crippen molar-refractivity contribution in [3.8, 4) is 17.2 Å². The van der Waals surface area contributed by atoms with E-state index in [1.165, 1.54) is 12.1 Å². The monoisotopic (exact) mass is 425 g/mol. The molecule has 9 heteroatoms. The summed E-state index contributed by atoms with van der Waals surface area (Å²) in [4.78, 5) is 23.5. The lowest BCUT2D eigenvalue weighted by atomic mass is 9.85. The number of nitro benzene ring substituents is 1. The van der Waals surface area contributed by atoms with E-state index in [4.69, 9.17) is 13.9 Å². The average Bonchev–Trinajstić information content (AvgIpc) is 3.23. The van der Waals surface area contributed by atoms with Gasteiger partial charge in [-0.15, -0.1) is 10.2 Å². The first-order chi connectivity index (χ1) is 14.6. The van der Waals surface area contributed by atoms with Crippen LogP contribution in [0.25, 0.3) is 11.5 Å². The largest absolute Gasteiger partial charge is 0.497 e. The molecule has 2 aromatic carbocycles. The van der Waals surface area contributed by atoms with Crippen molar-refractivity contribution in [1.82, 2.24) is 10.2 Å². The number of methoxy groups -OCH3 is 1. The summed E-state index contributed by atoms with van der Waals surface area (Å²) < 4.78 is 16.1. The molecule has 1 heterocycles. The van der Waals surface area contributed by atoms with Gasteiger partial charge in [-0.3, -0.25) is 10.1 Å². The van der Waals surface area contributed by atoms with Crippen LogP contribution in [0.4, 0.5) is 5.69 Å². The Kier molecular flexibility index (Phi) is 6.05. The Balaban J connectivity index is 1.77. The lowest BCUT2D eigenvalue weighted by Crippen LogP contribution is -2.15. The molecule has 3 aromatic rings. The zero-order valence-corrected chi connectivity index (χ0v) is 17.9. The molecule has 1 atom stereocenters. The summed E-state index contributed by atoms with van der Waals surface area (Å²) in [5.41, 5.74) is 0.713. The molecule has 31 heavy (non-hydrogen) atoms. The molecule has 0 bridgehead atoms. The standard InChI is InChI=1S/C22H23N3O6/c1-13(19-23-24-20(31-19)14-6-9-16(29-5)10-7-14)30-21(26)15-8-11-17(22(2,3)4)18(12-15)25(27)28/h6-13H,1-5H3. The number of carbonyl (C=O) groups excluding carboxylic acids is 1. The highest BCUT2D eigenvalue weighted by Gasteiger charge is 2.27. The number of hydrogen-bond donors (Lipinski definition) is 0. The number of aromatic nitrogens is 2. The molecule has 0 saturated heterocycles. The van der Waals surface area contributed by atoms with Crippen LogP contribution in [0.1, 0.15) is 55.6 Å². The van der Waals surface area contributed by atoms with Crippen molar-refractivity contribution in [3.63, 3.8) is 0 Å². The van der Waals surface area contributed by atoms with Gasteiger partial charge >= 0.3 is 5.97 Å². The Hall–Kier alpha value is -3.75. The fourth-order valence-corrected chi connectivity index (χ4v) is 2.97. The summed E-state index contributed by atoms with van der Waals surface area (Å²) in [6, 6.07) is 11.4. The molecular weight excluding hydrogens is 402 g/mol. The summed E-state index contributed by atoms with van der Waals surface area (Å²) in [6.07, 6.45) is -0.839. The van der Waals surface area contributed by atoms with Crippen LogP contribution in [0.5, 0.6) is 5.75 Å². The van der Waals surface area contributed by atoms with E-state index in [0.29, 0.717) is 16.9 Å². The van der Waals surface area contributed by atoms with Gasteiger partial charge in [-0.2, -0.15) is 0 Å². The number of ether oxygens (including phenoxy) is 2. The number of esters is 1. The summed E-state index contributed by atoms with van der Waals surface area (Å²) in [5.74, 6) is 0.350. The second kappa shape index (κ2) is 8.55. The zero-order valence-electron chi connectivity index (χ0n) is 17.9. The number of hydrogen-bond acceptors (Lipinski definition) is 8. The van der Waals surface area contributed by atoms with E-state index in [9.17, 15) is 14.9 Å². The van der Waals surface area contributed by atoms with E-state index in [1.807, 2.05) is 20.8 Å². The van der Waals surface area contributed by atoms with E-state index in [2.05, 4.69) is 10.2 Å². The van der Waals surface area contributed by atoms with Crippen LogP contribution >= 0.6 is 0 Å². The van der Waals surface area contributed by atoms with Crippen molar-refractivity contribution in [3.05, 3.63) is 69.6 Å². The second-order valence-corrected chi connectivity index (χ2v) is 7.96. The van der Waals surface area contributed by atoms with Crippen LogP contribution in [0, 0.1) is 10.1 Å². The van der Waals surface area contributed by atoms with Gasteiger partial charge in [0.15, 0.2) is 6.10 Å². The molecule has 0 amide bonds. The Labute approximate surface area is 179 Å². The molecule has 162 valence electrons. The molecular formula is C22H23N3O6. The van der Waals surface area contributed by atoms with Crippen molar-refractivity contribution in [1.29, 1.82) is 0 Å². The molecule has 9 nitrogen and oxygen atoms in total. The number of carbonyl (C=O) groups is 1. The van der Waals surface area contributed by atoms with Gasteiger partial charge in [0, 0.05) is 17.2 Å². The predicted octanol–water partition coefficient (Wildman–Crippen LogP) is 4.87. The lowest BCUT2D eigenvalue weighted by Gasteiger charge is -2.19. The molecule has 0 radical (unpaired) electrons. The van der Waals surface area contributed by atoms with Crippen LogP contribution in [0.2, 0.25) is 0 Å². The van der Waals surface area contributed by atoms with Crippen LogP contribution in [0.3, 0.4) is 0 Å². The summed E-state index contributed by atoms with van der Waals surface area (Å²) >= 11 is 0. The quantitative estimate of drug-likeness (QED) is 0.312. The predicted molar refractivity (Wildman–Crippen MR) is 112 cm³/mol. The van der Waals surface area contributed by atoms with Gasteiger partial charge in [-0.25, -0.2) is 4.79 Å². The van der Waals surface area contributed by atoms with Crippen molar-refractivity contribution in [2.75, 3.05) is 7.11 Å². The number of nitro groups is 1. The Morgan fingerprint density at radius 3 is 2.39 bits per heavy atom. The van der Waals surface area contributed by atoms with E-state index in [1.54, 1.807) is 44.4 Å². The van der Waals surface area contributed by atoms with Crippen molar-refractivity contribution in [2.24, 2.45) is 0 Å². The maximum atomic E-state index is 12.6. The van der Waals surface area contributed by atoms with Crippen LogP contribution < -0.4 is 4.74 Å². The maximum absolute atomic E-state index is 12.6. The minimum atomic E-state index is -0.839. The molecule has 0 spiro atoms. The Bertz CT molecular complexity index is 1100. The summed E-state index contributed by atoms with van der Waals surface area (Å²) in [7, 11) is 1.57. The molecule has 0 aliphatic rings. The second-order valence-electron chi connectivity index (χ2n) is 7.96. The molecule has 0 fully saturated rings. The van der Waals surface area contributed by atoms with Gasteiger partial charge in [0.2, 0.25) is 5.89 Å². The highest BCUT2D eigenvalue weighted by Crippen LogP contribution is 2.32. The highest BCUT2D eigenvalue weighted by molar-refractivity contribution is 5.90. The smallest absolute Gasteiger partial charge is 0.339 e. The molecule has 0 aliphatic heterocycles. The number of nitrogens with zero attached hydrogens (tertiary/aromatic N) is 3. The van der Waals surface area contributed by atoms with Crippen LogP contribution in [0.15, 0.2) is 46.9 Å². The third kappa shape index (κ3) is 4.88. The van der Waals surface area contributed by atoms with Crippen molar-refractivity contribution in [2.45, 2.75) is 39.2 Å². The van der Waals surface area contributed by atoms with E-state index in [0.717, 1.165) is 0 Å². The normalized spacial score (nSPS) is 12.3. The van der Waals surface area contributed by atoms with Crippen LogP contribution in [-0.4, -0.2) is 28.2 Å². The van der Waals surface area contributed by atoms with Gasteiger partial charge in [0.25, 0.3) is 11.6 Å². The fraction of sp³-hybridized carbons (Fsp3) is 0.318. The number of rotatable bonds is 6. The average molecular weight is 425 g/mol. The summed E-state index contributed by atoms with van der Waals surface area (Å²) in [6.45, 7) is 7.18. The number of benzene rings is 2. The minimum absolute atomic E-state index is 0.0708. The van der Waals surface area contributed by atoms with Crippen LogP contribution in [-0.2, 0) is 10.2 Å². The first kappa shape index (κ1) is 21.9. The zero-order chi connectivity index (χ0) is 22.8.